The highest BCUT2D eigenvalue weighted by Gasteiger charge is 2.27. The van der Waals surface area contributed by atoms with Gasteiger partial charge in [-0.05, 0) is 30.2 Å². The minimum Gasteiger partial charge on any atom is -0.349 e. The minimum atomic E-state index is -0.0129. The Bertz CT molecular complexity index is 561. The second-order valence-corrected chi connectivity index (χ2v) is 5.70. The number of hydrogen-bond donors (Lipinski definition) is 1. The van der Waals surface area contributed by atoms with Crippen LogP contribution in [0, 0.1) is 0 Å². The van der Waals surface area contributed by atoms with Crippen LogP contribution < -0.4 is 5.32 Å². The molecule has 19 heavy (non-hydrogen) atoms. The zero-order valence-corrected chi connectivity index (χ0v) is 11.2. The fraction of sp³-hybridized carbons (Fsp3) is 0.200. The molecule has 0 bridgehead atoms. The van der Waals surface area contributed by atoms with E-state index in [0.717, 1.165) is 12.1 Å². The fourth-order valence-electron chi connectivity index (χ4n) is 2.12. The van der Waals surface area contributed by atoms with Crippen LogP contribution in [0.3, 0.4) is 0 Å². The molecule has 1 aromatic carbocycles. The van der Waals surface area contributed by atoms with Gasteiger partial charge in [-0.25, -0.2) is 0 Å². The molecule has 1 aromatic heterocycles. The first-order valence-corrected chi connectivity index (χ1v) is 7.13. The number of carbonyl (C=O) groups is 1. The van der Waals surface area contributed by atoms with Crippen LogP contribution in [-0.2, 0) is 17.8 Å². The van der Waals surface area contributed by atoms with Gasteiger partial charge in [0.15, 0.2) is 0 Å². The summed E-state index contributed by atoms with van der Waals surface area (Å²) in [6, 6.07) is 13.9. The largest absolute Gasteiger partial charge is 0.349 e. The molecule has 2 aromatic rings. The smallest absolute Gasteiger partial charge is 0.234 e. The summed E-state index contributed by atoms with van der Waals surface area (Å²) >= 11 is 1.65. The van der Waals surface area contributed by atoms with Crippen molar-refractivity contribution in [3.8, 4) is 0 Å². The zero-order chi connectivity index (χ0) is 13.1. The van der Waals surface area contributed by atoms with E-state index >= 15 is 0 Å². The SMILES string of the molecule is O=C(NCc1ccccn1)[C@@H]1Cc2ccccc2S1. The molecule has 4 heteroatoms. The molecule has 0 spiro atoms. The Morgan fingerprint density at radius 2 is 2.11 bits per heavy atom. The lowest BCUT2D eigenvalue weighted by atomic mass is 10.1. The highest BCUT2D eigenvalue weighted by molar-refractivity contribution is 8.01. The molecule has 1 amide bonds. The van der Waals surface area contributed by atoms with Crippen LogP contribution in [0.15, 0.2) is 53.6 Å². The quantitative estimate of drug-likeness (QED) is 0.931. The Hall–Kier alpha value is -1.81. The van der Waals surface area contributed by atoms with Crippen molar-refractivity contribution in [1.29, 1.82) is 0 Å². The van der Waals surface area contributed by atoms with E-state index in [1.165, 1.54) is 10.5 Å². The highest BCUT2D eigenvalue weighted by atomic mass is 32.2. The molecule has 96 valence electrons. The minimum absolute atomic E-state index is 0.0129. The molecule has 0 aliphatic carbocycles. The molecule has 0 fully saturated rings. The summed E-state index contributed by atoms with van der Waals surface area (Å²) in [5.74, 6) is 0.0897. The Balaban J connectivity index is 1.58. The van der Waals surface area contributed by atoms with E-state index in [1.54, 1.807) is 18.0 Å². The number of benzene rings is 1. The van der Waals surface area contributed by atoms with Gasteiger partial charge < -0.3 is 5.32 Å². The third-order valence-corrected chi connectivity index (χ3v) is 4.43. The first-order chi connectivity index (χ1) is 9.33. The average molecular weight is 270 g/mol. The normalized spacial score (nSPS) is 16.9. The predicted molar refractivity (Wildman–Crippen MR) is 75.9 cm³/mol. The third-order valence-electron chi connectivity index (χ3n) is 3.11. The molecular formula is C15H14N2OS. The van der Waals surface area contributed by atoms with Gasteiger partial charge in [0.25, 0.3) is 0 Å². The topological polar surface area (TPSA) is 42.0 Å². The standard InChI is InChI=1S/C15H14N2OS/c18-15(17-10-12-6-3-4-8-16-12)14-9-11-5-1-2-7-13(11)19-14/h1-8,14H,9-10H2,(H,17,18)/t14-/m0/s1. The van der Waals surface area contributed by atoms with Gasteiger partial charge >= 0.3 is 0 Å². The number of carbonyl (C=O) groups excluding carboxylic acids is 1. The van der Waals surface area contributed by atoms with Gasteiger partial charge in [-0.3, -0.25) is 9.78 Å². The molecule has 0 saturated heterocycles. The van der Waals surface area contributed by atoms with Crippen molar-refractivity contribution in [2.45, 2.75) is 23.1 Å². The summed E-state index contributed by atoms with van der Waals surface area (Å²) in [6.45, 7) is 0.493. The van der Waals surface area contributed by atoms with Gasteiger partial charge in [-0.2, -0.15) is 0 Å². The molecule has 0 radical (unpaired) electrons. The lowest BCUT2D eigenvalue weighted by Crippen LogP contribution is -2.32. The molecule has 1 N–H and O–H groups in total. The summed E-state index contributed by atoms with van der Waals surface area (Å²) < 4.78 is 0. The number of nitrogens with zero attached hydrogens (tertiary/aromatic N) is 1. The van der Waals surface area contributed by atoms with Gasteiger partial charge in [0.1, 0.15) is 0 Å². The number of aromatic nitrogens is 1. The second-order valence-electron chi connectivity index (χ2n) is 4.46. The van der Waals surface area contributed by atoms with Crippen molar-refractivity contribution < 1.29 is 4.79 Å². The molecule has 2 heterocycles. The lowest BCUT2D eigenvalue weighted by molar-refractivity contribution is -0.120. The summed E-state index contributed by atoms with van der Waals surface area (Å²) in [4.78, 5) is 17.5. The lowest BCUT2D eigenvalue weighted by Gasteiger charge is -2.09. The van der Waals surface area contributed by atoms with Crippen LogP contribution in [0.1, 0.15) is 11.3 Å². The molecule has 3 rings (SSSR count). The number of fused-ring (bicyclic) bond motifs is 1. The number of amides is 1. The van der Waals surface area contributed by atoms with E-state index in [1.807, 2.05) is 30.3 Å². The van der Waals surface area contributed by atoms with Crippen molar-refractivity contribution in [2.24, 2.45) is 0 Å². The third kappa shape index (κ3) is 2.79. The first-order valence-electron chi connectivity index (χ1n) is 6.25. The molecule has 3 nitrogen and oxygen atoms in total. The Kier molecular flexibility index (Phi) is 3.51. The number of pyridine rings is 1. The number of hydrogen-bond acceptors (Lipinski definition) is 3. The maximum absolute atomic E-state index is 12.1. The second kappa shape index (κ2) is 5.45. The van der Waals surface area contributed by atoms with Crippen LogP contribution in [-0.4, -0.2) is 16.1 Å². The van der Waals surface area contributed by atoms with Gasteiger partial charge in [0.05, 0.1) is 17.5 Å². The molecular weight excluding hydrogens is 256 g/mol. The van der Waals surface area contributed by atoms with E-state index in [0.29, 0.717) is 6.54 Å². The van der Waals surface area contributed by atoms with Crippen molar-refractivity contribution in [3.05, 3.63) is 59.9 Å². The molecule has 0 unspecified atom stereocenters. The van der Waals surface area contributed by atoms with Crippen molar-refractivity contribution in [3.63, 3.8) is 0 Å². The first kappa shape index (κ1) is 12.2. The summed E-state index contributed by atoms with van der Waals surface area (Å²) in [5.41, 5.74) is 2.15. The van der Waals surface area contributed by atoms with Crippen molar-refractivity contribution in [1.82, 2.24) is 10.3 Å². The summed E-state index contributed by atoms with van der Waals surface area (Å²) in [6.07, 6.45) is 2.55. The van der Waals surface area contributed by atoms with Gasteiger partial charge in [0.2, 0.25) is 5.91 Å². The molecule has 1 atom stereocenters. The monoisotopic (exact) mass is 270 g/mol. The molecule has 0 saturated carbocycles. The predicted octanol–water partition coefficient (Wildman–Crippen LogP) is 2.41. The van der Waals surface area contributed by atoms with E-state index in [9.17, 15) is 4.79 Å². The van der Waals surface area contributed by atoms with Crippen molar-refractivity contribution in [2.75, 3.05) is 0 Å². The van der Waals surface area contributed by atoms with Crippen LogP contribution in [0.2, 0.25) is 0 Å². The van der Waals surface area contributed by atoms with Crippen LogP contribution in [0.4, 0.5) is 0 Å². The molecule has 1 aliphatic rings. The van der Waals surface area contributed by atoms with E-state index in [4.69, 9.17) is 0 Å². The fourth-order valence-corrected chi connectivity index (χ4v) is 3.34. The average Bonchev–Trinajstić information content (AvgIpc) is 2.90. The number of rotatable bonds is 3. The summed E-state index contributed by atoms with van der Waals surface area (Å²) in [5, 5.41) is 2.94. The Labute approximate surface area is 116 Å². The Morgan fingerprint density at radius 1 is 1.26 bits per heavy atom. The zero-order valence-electron chi connectivity index (χ0n) is 10.4. The van der Waals surface area contributed by atoms with E-state index in [-0.39, 0.29) is 11.2 Å². The number of nitrogens with one attached hydrogen (secondary N) is 1. The highest BCUT2D eigenvalue weighted by Crippen LogP contribution is 2.36. The number of thioether (sulfide) groups is 1. The van der Waals surface area contributed by atoms with Crippen LogP contribution in [0.25, 0.3) is 0 Å². The Morgan fingerprint density at radius 3 is 2.89 bits per heavy atom. The van der Waals surface area contributed by atoms with Gasteiger partial charge in [-0.1, -0.05) is 24.3 Å². The van der Waals surface area contributed by atoms with E-state index in [2.05, 4.69) is 22.4 Å². The van der Waals surface area contributed by atoms with E-state index < -0.39 is 0 Å². The van der Waals surface area contributed by atoms with Gasteiger partial charge in [0, 0.05) is 11.1 Å². The van der Waals surface area contributed by atoms with Gasteiger partial charge in [-0.15, -0.1) is 11.8 Å². The van der Waals surface area contributed by atoms with Crippen molar-refractivity contribution >= 4 is 17.7 Å². The summed E-state index contributed by atoms with van der Waals surface area (Å²) in [7, 11) is 0. The maximum Gasteiger partial charge on any atom is 0.234 e. The van der Waals surface area contributed by atoms with Crippen LogP contribution >= 0.6 is 11.8 Å². The molecule has 1 aliphatic heterocycles. The maximum atomic E-state index is 12.1. The van der Waals surface area contributed by atoms with Crippen LogP contribution in [0.5, 0.6) is 0 Å².